The van der Waals surface area contributed by atoms with Crippen molar-refractivity contribution in [2.24, 2.45) is 29.6 Å². The van der Waals surface area contributed by atoms with Gasteiger partial charge in [0.15, 0.2) is 0 Å². The van der Waals surface area contributed by atoms with Gasteiger partial charge in [0.05, 0.1) is 0 Å². The van der Waals surface area contributed by atoms with Crippen LogP contribution >= 0.6 is 0 Å². The van der Waals surface area contributed by atoms with Gasteiger partial charge in [-0.2, -0.15) is 0 Å². The zero-order valence-electron chi connectivity index (χ0n) is 12.0. The molecule has 1 aromatic rings. The first kappa shape index (κ1) is 11.9. The number of rotatable bonds is 4. The molecule has 102 valence electrons. The highest BCUT2D eigenvalue weighted by Crippen LogP contribution is 2.72. The topological polar surface area (TPSA) is 24.9 Å². The van der Waals surface area contributed by atoms with Crippen LogP contribution in [0.1, 0.15) is 43.4 Å². The van der Waals surface area contributed by atoms with Gasteiger partial charge in [-0.15, -0.1) is 0 Å². The van der Waals surface area contributed by atoms with Gasteiger partial charge in [-0.1, -0.05) is 6.92 Å². The minimum absolute atomic E-state index is 0.553. The highest BCUT2D eigenvalue weighted by Gasteiger charge is 2.66. The largest absolute Gasteiger partial charge is 0.310 e. The predicted molar refractivity (Wildman–Crippen MR) is 76.7 cm³/mol. The summed E-state index contributed by atoms with van der Waals surface area (Å²) in [6.45, 7) is 5.52. The Morgan fingerprint density at radius 3 is 2.68 bits per heavy atom. The van der Waals surface area contributed by atoms with Gasteiger partial charge in [-0.25, -0.2) is 0 Å². The van der Waals surface area contributed by atoms with Crippen LogP contribution in [0.3, 0.4) is 0 Å². The first-order valence-electron chi connectivity index (χ1n) is 7.95. The number of nitrogens with zero attached hydrogens (tertiary/aromatic N) is 1. The van der Waals surface area contributed by atoms with Gasteiger partial charge in [-0.3, -0.25) is 4.98 Å². The Bertz CT molecular complexity index is 468. The van der Waals surface area contributed by atoms with Crippen LogP contribution in [-0.4, -0.2) is 11.5 Å². The van der Waals surface area contributed by atoms with Gasteiger partial charge in [0.1, 0.15) is 0 Å². The average Bonchev–Trinajstić information content (AvgIpc) is 2.84. The van der Waals surface area contributed by atoms with Gasteiger partial charge in [0.25, 0.3) is 0 Å². The molecule has 3 saturated carbocycles. The van der Waals surface area contributed by atoms with Crippen LogP contribution < -0.4 is 5.32 Å². The van der Waals surface area contributed by atoms with Crippen molar-refractivity contribution in [1.29, 1.82) is 0 Å². The number of aromatic nitrogens is 1. The van der Waals surface area contributed by atoms with Crippen LogP contribution in [0.4, 0.5) is 0 Å². The Kier molecular flexibility index (Phi) is 2.70. The Hall–Kier alpha value is -0.890. The van der Waals surface area contributed by atoms with E-state index in [0.717, 1.165) is 36.1 Å². The zero-order chi connectivity index (χ0) is 13.0. The third kappa shape index (κ3) is 1.69. The maximum Gasteiger partial charge on any atom is 0.0372 e. The maximum atomic E-state index is 4.37. The monoisotopic (exact) mass is 256 g/mol. The molecule has 1 N–H and O–H groups in total. The summed E-state index contributed by atoms with van der Waals surface area (Å²) in [5, 5.41) is 3.76. The van der Waals surface area contributed by atoms with E-state index in [9.17, 15) is 0 Å². The molecule has 0 aromatic carbocycles. The van der Waals surface area contributed by atoms with Gasteiger partial charge in [0, 0.05) is 18.4 Å². The molecule has 0 spiro atoms. The van der Waals surface area contributed by atoms with Crippen LogP contribution in [0.5, 0.6) is 0 Å². The van der Waals surface area contributed by atoms with E-state index in [1.165, 1.54) is 30.4 Å². The number of hydrogen-bond acceptors (Lipinski definition) is 2. The third-order valence-corrected chi connectivity index (χ3v) is 6.02. The summed E-state index contributed by atoms with van der Waals surface area (Å²) in [6, 6.07) is 2.71. The molecule has 0 saturated heterocycles. The Morgan fingerprint density at radius 1 is 1.32 bits per heavy atom. The lowest BCUT2D eigenvalue weighted by Crippen LogP contribution is -2.26. The number of aryl methyl sites for hydroxylation is 1. The summed E-state index contributed by atoms with van der Waals surface area (Å²) >= 11 is 0. The normalized spacial score (nSPS) is 40.2. The quantitative estimate of drug-likeness (QED) is 0.893. The van der Waals surface area contributed by atoms with Crippen molar-refractivity contribution < 1.29 is 0 Å². The molecule has 1 aromatic heterocycles. The molecule has 0 radical (unpaired) electrons. The molecule has 19 heavy (non-hydrogen) atoms. The van der Waals surface area contributed by atoms with Crippen molar-refractivity contribution in [2.75, 3.05) is 6.54 Å². The lowest BCUT2D eigenvalue weighted by molar-refractivity contribution is 0.373. The fourth-order valence-electron chi connectivity index (χ4n) is 5.31. The minimum Gasteiger partial charge on any atom is -0.310 e. The zero-order valence-corrected chi connectivity index (χ0v) is 12.0. The number of hydrogen-bond donors (Lipinski definition) is 1. The van der Waals surface area contributed by atoms with Crippen molar-refractivity contribution in [2.45, 2.75) is 39.2 Å². The van der Waals surface area contributed by atoms with Crippen molar-refractivity contribution in [3.63, 3.8) is 0 Å². The molecule has 2 bridgehead atoms. The first-order valence-corrected chi connectivity index (χ1v) is 7.95. The summed E-state index contributed by atoms with van der Waals surface area (Å²) < 4.78 is 0. The highest BCUT2D eigenvalue weighted by atomic mass is 15.0. The third-order valence-electron chi connectivity index (χ3n) is 6.02. The standard InChI is InChI=1S/C17H24N2/c1-3-19-17(13-9-18-7-6-10(13)2)16-14-11-4-5-12(8-11)15(14)16/h6-7,9,11-12,14-17,19H,3-5,8H2,1-2H3. The molecule has 5 atom stereocenters. The molecule has 2 heteroatoms. The fraction of sp³-hybridized carbons (Fsp3) is 0.706. The molecule has 3 aliphatic carbocycles. The molecule has 5 unspecified atom stereocenters. The van der Waals surface area contributed by atoms with E-state index in [2.05, 4.69) is 36.4 Å². The van der Waals surface area contributed by atoms with Crippen LogP contribution in [0.15, 0.2) is 18.5 Å². The van der Waals surface area contributed by atoms with Crippen LogP contribution in [0.2, 0.25) is 0 Å². The van der Waals surface area contributed by atoms with Gasteiger partial charge >= 0.3 is 0 Å². The van der Waals surface area contributed by atoms with E-state index in [0.29, 0.717) is 6.04 Å². The summed E-state index contributed by atoms with van der Waals surface area (Å²) in [4.78, 5) is 4.37. The molecular weight excluding hydrogens is 232 g/mol. The summed E-state index contributed by atoms with van der Waals surface area (Å²) in [5.41, 5.74) is 2.85. The lowest BCUT2D eigenvalue weighted by Gasteiger charge is -2.23. The molecule has 1 heterocycles. The lowest BCUT2D eigenvalue weighted by atomic mass is 9.92. The summed E-state index contributed by atoms with van der Waals surface area (Å²) in [6.07, 6.45) is 8.56. The van der Waals surface area contributed by atoms with Crippen molar-refractivity contribution in [3.05, 3.63) is 29.6 Å². The molecule has 0 aliphatic heterocycles. The smallest absolute Gasteiger partial charge is 0.0372 e. The first-order chi connectivity index (χ1) is 9.31. The van der Waals surface area contributed by atoms with E-state index in [4.69, 9.17) is 0 Å². The van der Waals surface area contributed by atoms with E-state index >= 15 is 0 Å². The minimum atomic E-state index is 0.553. The van der Waals surface area contributed by atoms with Crippen molar-refractivity contribution in [3.8, 4) is 0 Å². The number of pyridine rings is 1. The molecule has 2 nitrogen and oxygen atoms in total. The Morgan fingerprint density at radius 2 is 2.05 bits per heavy atom. The number of fused-ring (bicyclic) bond motifs is 5. The van der Waals surface area contributed by atoms with Crippen LogP contribution in [0, 0.1) is 36.5 Å². The van der Waals surface area contributed by atoms with E-state index < -0.39 is 0 Å². The number of nitrogens with one attached hydrogen (secondary N) is 1. The molecule has 3 aliphatic rings. The maximum absolute atomic E-state index is 4.37. The van der Waals surface area contributed by atoms with Crippen LogP contribution in [-0.2, 0) is 0 Å². The van der Waals surface area contributed by atoms with Gasteiger partial charge < -0.3 is 5.32 Å². The van der Waals surface area contributed by atoms with E-state index in [1.807, 2.05) is 6.20 Å². The van der Waals surface area contributed by atoms with Gasteiger partial charge in [0.2, 0.25) is 0 Å². The second-order valence-electron chi connectivity index (χ2n) is 6.83. The van der Waals surface area contributed by atoms with Crippen molar-refractivity contribution in [1.82, 2.24) is 10.3 Å². The van der Waals surface area contributed by atoms with E-state index in [1.54, 1.807) is 0 Å². The second kappa shape index (κ2) is 4.31. The SMILES string of the molecule is CCNC(c1cnccc1C)C1C2C3CCC(C3)C21. The second-order valence-corrected chi connectivity index (χ2v) is 6.83. The molecule has 0 amide bonds. The Labute approximate surface area is 116 Å². The summed E-state index contributed by atoms with van der Waals surface area (Å²) in [7, 11) is 0. The Balaban J connectivity index is 1.62. The van der Waals surface area contributed by atoms with Crippen molar-refractivity contribution >= 4 is 0 Å². The fourth-order valence-corrected chi connectivity index (χ4v) is 5.31. The highest BCUT2D eigenvalue weighted by molar-refractivity contribution is 5.30. The molecule has 3 fully saturated rings. The average molecular weight is 256 g/mol. The molecule has 4 rings (SSSR count). The predicted octanol–water partition coefficient (Wildman–Crippen LogP) is 3.33. The van der Waals surface area contributed by atoms with Gasteiger partial charge in [-0.05, 0) is 79.5 Å². The summed E-state index contributed by atoms with van der Waals surface area (Å²) in [5.74, 6) is 5.06. The van der Waals surface area contributed by atoms with E-state index in [-0.39, 0.29) is 0 Å². The van der Waals surface area contributed by atoms with Crippen LogP contribution in [0.25, 0.3) is 0 Å². The molecular formula is C17H24N2.